The summed E-state index contributed by atoms with van der Waals surface area (Å²) >= 11 is 1.07. The number of aliphatic hydroxyl groups is 1. The number of aromatic nitrogens is 2. The predicted molar refractivity (Wildman–Crippen MR) is 142 cm³/mol. The summed E-state index contributed by atoms with van der Waals surface area (Å²) in [5, 5.41) is 16.0. The Bertz CT molecular complexity index is 1250. The van der Waals surface area contributed by atoms with Crippen LogP contribution in [0.5, 0.6) is 0 Å². The number of piperidine rings is 1. The van der Waals surface area contributed by atoms with E-state index in [1.165, 1.54) is 0 Å². The van der Waals surface area contributed by atoms with Crippen molar-refractivity contribution in [3.05, 3.63) is 28.5 Å². The molecule has 2 aromatic rings. The van der Waals surface area contributed by atoms with Crippen LogP contribution in [0.25, 0.3) is 10.4 Å². The average Bonchev–Trinajstić information content (AvgIpc) is 3.25. The van der Waals surface area contributed by atoms with Crippen molar-refractivity contribution >= 4 is 29.0 Å². The Morgan fingerprint density at radius 2 is 1.90 bits per heavy atom. The number of aryl methyl sites for hydroxylation is 1. The first-order chi connectivity index (χ1) is 18.2. The summed E-state index contributed by atoms with van der Waals surface area (Å²) in [7, 11) is 0. The van der Waals surface area contributed by atoms with Crippen molar-refractivity contribution in [2.45, 2.75) is 83.0 Å². The number of pyridine rings is 1. The van der Waals surface area contributed by atoms with Gasteiger partial charge < -0.3 is 20.6 Å². The molecular formula is C27H34F3N5O3S. The van der Waals surface area contributed by atoms with Gasteiger partial charge in [-0.3, -0.25) is 9.59 Å². The minimum atomic E-state index is -2.53. The highest BCUT2D eigenvalue weighted by molar-refractivity contribution is 7.17. The zero-order valence-corrected chi connectivity index (χ0v) is 23.1. The third-order valence-electron chi connectivity index (χ3n) is 7.75. The molecule has 3 N–H and O–H groups in total. The smallest absolute Gasteiger partial charge is 0.280 e. The molecule has 3 heterocycles. The highest BCUT2D eigenvalue weighted by Gasteiger charge is 2.61. The maximum Gasteiger partial charge on any atom is 0.280 e. The number of carbonyl (C=O) groups is 2. The highest BCUT2D eigenvalue weighted by Crippen LogP contribution is 2.62. The predicted octanol–water partition coefficient (Wildman–Crippen LogP) is 4.58. The van der Waals surface area contributed by atoms with E-state index in [1.54, 1.807) is 24.9 Å². The van der Waals surface area contributed by atoms with Crippen LogP contribution in [0.4, 0.5) is 19.0 Å². The van der Waals surface area contributed by atoms with Gasteiger partial charge >= 0.3 is 0 Å². The number of rotatable bonds is 7. The van der Waals surface area contributed by atoms with E-state index in [1.807, 2.05) is 13.0 Å². The second kappa shape index (κ2) is 10.0. The number of nitrogens with zero attached hydrogens (tertiary/aromatic N) is 3. The molecule has 0 unspecified atom stereocenters. The third-order valence-corrected chi connectivity index (χ3v) is 8.84. The van der Waals surface area contributed by atoms with Gasteiger partial charge in [0.05, 0.1) is 10.5 Å². The lowest BCUT2D eigenvalue weighted by Gasteiger charge is -2.57. The molecule has 212 valence electrons. The van der Waals surface area contributed by atoms with Crippen LogP contribution in [0.1, 0.15) is 78.2 Å². The maximum absolute atomic E-state index is 13.7. The van der Waals surface area contributed by atoms with Crippen molar-refractivity contribution in [1.29, 1.82) is 0 Å². The summed E-state index contributed by atoms with van der Waals surface area (Å²) in [5.74, 6) is -2.78. The summed E-state index contributed by atoms with van der Waals surface area (Å²) in [6.07, 6.45) is 2.50. The van der Waals surface area contributed by atoms with Crippen LogP contribution in [0.3, 0.4) is 0 Å². The van der Waals surface area contributed by atoms with Crippen molar-refractivity contribution < 1.29 is 27.9 Å². The van der Waals surface area contributed by atoms with Gasteiger partial charge in [0.1, 0.15) is 17.7 Å². The largest absolute Gasteiger partial charge is 0.389 e. The Morgan fingerprint density at radius 1 is 1.23 bits per heavy atom. The Balaban J connectivity index is 1.36. The quantitative estimate of drug-likeness (QED) is 0.454. The van der Waals surface area contributed by atoms with Crippen LogP contribution in [0, 0.1) is 12.3 Å². The molecule has 1 spiro atoms. The summed E-state index contributed by atoms with van der Waals surface area (Å²) in [5.41, 5.74) is 0.205. The van der Waals surface area contributed by atoms with E-state index in [2.05, 4.69) is 20.6 Å². The number of hydrogen-bond acceptors (Lipinski definition) is 7. The van der Waals surface area contributed by atoms with Crippen molar-refractivity contribution in [3.8, 4) is 10.4 Å². The number of alkyl halides is 3. The highest BCUT2D eigenvalue weighted by atomic mass is 32.1. The number of nitrogens with one attached hydrogen (secondary N) is 2. The molecule has 3 fully saturated rings. The lowest BCUT2D eigenvalue weighted by Crippen LogP contribution is -2.57. The fourth-order valence-electron chi connectivity index (χ4n) is 5.82. The zero-order valence-electron chi connectivity index (χ0n) is 22.3. The van der Waals surface area contributed by atoms with Gasteiger partial charge in [0.2, 0.25) is 5.92 Å². The lowest BCUT2D eigenvalue weighted by atomic mass is 9.52. The molecule has 0 radical (unpaired) electrons. The van der Waals surface area contributed by atoms with Crippen molar-refractivity contribution in [2.24, 2.45) is 5.41 Å². The fraction of sp³-hybridized carbons (Fsp3) is 0.630. The van der Waals surface area contributed by atoms with Crippen molar-refractivity contribution in [2.75, 3.05) is 25.0 Å². The van der Waals surface area contributed by atoms with Gasteiger partial charge in [0.15, 0.2) is 5.01 Å². The Morgan fingerprint density at radius 3 is 2.49 bits per heavy atom. The molecule has 0 bridgehead atoms. The standard InChI is InChI=1S/C27H34F3N5O3S/c1-15-8-19(33-17-9-26(10-17)12-27(29,30)13-26)31-11-18(15)21-20(24(37)35-6-4-16(28)5-7-35)34-23(39-21)22(36)32-14-25(2,3)38/h8,11,16-17,38H,4-7,9-10,12-14H2,1-3H3,(H,31,33)(H,32,36). The van der Waals surface area contributed by atoms with Gasteiger partial charge in [-0.25, -0.2) is 23.1 Å². The van der Waals surface area contributed by atoms with E-state index in [0.29, 0.717) is 29.1 Å². The molecule has 1 aliphatic heterocycles. The molecule has 1 saturated heterocycles. The van der Waals surface area contributed by atoms with Crippen LogP contribution in [-0.2, 0) is 0 Å². The Hall–Kier alpha value is -2.73. The first kappa shape index (κ1) is 27.8. The molecule has 12 heteroatoms. The summed E-state index contributed by atoms with van der Waals surface area (Å²) in [4.78, 5) is 37.2. The normalized spacial score (nSPS) is 20.8. The molecule has 0 atom stereocenters. The van der Waals surface area contributed by atoms with Crippen LogP contribution in [-0.4, -0.2) is 75.2 Å². The fourth-order valence-corrected chi connectivity index (χ4v) is 6.87. The number of hydrogen-bond donors (Lipinski definition) is 3. The third kappa shape index (κ3) is 6.06. The summed E-state index contributed by atoms with van der Waals surface area (Å²) in [6.45, 7) is 5.56. The molecule has 2 aromatic heterocycles. The molecule has 39 heavy (non-hydrogen) atoms. The average molecular weight is 566 g/mol. The van der Waals surface area contributed by atoms with Gasteiger partial charge in [0, 0.05) is 50.3 Å². The monoisotopic (exact) mass is 565 g/mol. The van der Waals surface area contributed by atoms with Gasteiger partial charge in [-0.1, -0.05) is 0 Å². The van der Waals surface area contributed by atoms with E-state index in [0.717, 1.165) is 16.9 Å². The van der Waals surface area contributed by atoms with Gasteiger partial charge in [-0.15, -0.1) is 11.3 Å². The topological polar surface area (TPSA) is 107 Å². The number of halogens is 3. The minimum absolute atomic E-state index is 0.00901. The van der Waals surface area contributed by atoms with E-state index in [-0.39, 0.29) is 73.4 Å². The lowest BCUT2D eigenvalue weighted by molar-refractivity contribution is -0.193. The minimum Gasteiger partial charge on any atom is -0.389 e. The number of amides is 2. The molecule has 2 aliphatic carbocycles. The zero-order chi connectivity index (χ0) is 28.2. The first-order valence-corrected chi connectivity index (χ1v) is 14.1. The maximum atomic E-state index is 13.7. The number of carbonyl (C=O) groups excluding carboxylic acids is 2. The van der Waals surface area contributed by atoms with Gasteiger partial charge in [-0.2, -0.15) is 0 Å². The molecule has 3 aliphatic rings. The first-order valence-electron chi connectivity index (χ1n) is 13.3. The Labute approximate surface area is 229 Å². The summed E-state index contributed by atoms with van der Waals surface area (Å²) < 4.78 is 40.3. The molecular weight excluding hydrogens is 531 g/mol. The molecule has 5 rings (SSSR count). The van der Waals surface area contributed by atoms with Crippen molar-refractivity contribution in [3.63, 3.8) is 0 Å². The number of anilines is 1. The van der Waals surface area contributed by atoms with E-state index in [4.69, 9.17) is 0 Å². The van der Waals surface area contributed by atoms with Crippen LogP contribution < -0.4 is 10.6 Å². The summed E-state index contributed by atoms with van der Waals surface area (Å²) in [6, 6.07) is 1.93. The second-order valence-corrected chi connectivity index (χ2v) is 13.0. The van der Waals surface area contributed by atoms with Crippen LogP contribution in [0.15, 0.2) is 12.3 Å². The Kier molecular flexibility index (Phi) is 7.15. The number of likely N-dealkylation sites (tertiary alicyclic amines) is 1. The van der Waals surface area contributed by atoms with Crippen molar-refractivity contribution in [1.82, 2.24) is 20.2 Å². The molecule has 8 nitrogen and oxygen atoms in total. The van der Waals surface area contributed by atoms with E-state index >= 15 is 0 Å². The van der Waals surface area contributed by atoms with Gasteiger partial charge in [0.25, 0.3) is 11.8 Å². The van der Waals surface area contributed by atoms with Crippen LogP contribution >= 0.6 is 11.3 Å². The SMILES string of the molecule is Cc1cc(NC2CC3(C2)CC(F)(F)C3)ncc1-c1sc(C(=O)NCC(C)(C)O)nc1C(=O)N1CCC(F)CC1. The molecule has 2 amide bonds. The van der Waals surface area contributed by atoms with E-state index < -0.39 is 23.6 Å². The second-order valence-electron chi connectivity index (χ2n) is 12.0. The van der Waals surface area contributed by atoms with Gasteiger partial charge in [-0.05, 0) is 63.5 Å². The molecule has 0 aromatic carbocycles. The molecule has 2 saturated carbocycles. The van der Waals surface area contributed by atoms with Crippen LogP contribution in [0.2, 0.25) is 0 Å². The number of thiazole rings is 1. The van der Waals surface area contributed by atoms with E-state index in [9.17, 15) is 27.9 Å².